The SMILES string of the molecule is CC.CC(C)C.CCC.CCCC1CC(C)C1.C\C=C/C(NC1=C(C)C(N=CCC)=CC(c2ccc(C3(C(=O)C(C)CC)CCNCC3)c(C)c2)N1)=C(F)\C=C\CC. The van der Waals surface area contributed by atoms with Crippen molar-refractivity contribution in [2.24, 2.45) is 28.7 Å². The van der Waals surface area contributed by atoms with Crippen LogP contribution in [0.2, 0.25) is 0 Å². The van der Waals surface area contributed by atoms with Crippen LogP contribution in [0.5, 0.6) is 0 Å². The maximum absolute atomic E-state index is 15.1. The molecule has 2 aliphatic heterocycles. The molecule has 58 heavy (non-hydrogen) atoms. The fourth-order valence-corrected chi connectivity index (χ4v) is 7.44. The number of ketones is 1. The van der Waals surface area contributed by atoms with Gasteiger partial charge >= 0.3 is 0 Å². The molecule has 0 bridgehead atoms. The summed E-state index contributed by atoms with van der Waals surface area (Å²) >= 11 is 0. The van der Waals surface area contributed by atoms with Gasteiger partial charge in [0.1, 0.15) is 17.4 Å². The molecule has 2 fully saturated rings. The van der Waals surface area contributed by atoms with Crippen LogP contribution in [0.4, 0.5) is 4.39 Å². The highest BCUT2D eigenvalue weighted by atomic mass is 19.1. The zero-order valence-electron chi connectivity index (χ0n) is 40.3. The highest BCUT2D eigenvalue weighted by Gasteiger charge is 2.43. The van der Waals surface area contributed by atoms with Crippen LogP contribution in [0, 0.1) is 30.6 Å². The summed E-state index contributed by atoms with van der Waals surface area (Å²) in [5.74, 6) is 3.77. The van der Waals surface area contributed by atoms with Crippen LogP contribution in [0.3, 0.4) is 0 Å². The fourth-order valence-electron chi connectivity index (χ4n) is 7.44. The van der Waals surface area contributed by atoms with E-state index in [1.807, 2.05) is 46.9 Å². The monoisotopic (exact) mass is 805 g/mol. The first kappa shape index (κ1) is 54.8. The summed E-state index contributed by atoms with van der Waals surface area (Å²) in [5.41, 5.74) is 5.05. The van der Waals surface area contributed by atoms with Gasteiger partial charge in [-0.05, 0) is 131 Å². The van der Waals surface area contributed by atoms with E-state index >= 15 is 4.39 Å². The minimum absolute atomic E-state index is 0.0304. The summed E-state index contributed by atoms with van der Waals surface area (Å²) in [6, 6.07) is 6.33. The second-order valence-corrected chi connectivity index (χ2v) is 16.8. The van der Waals surface area contributed by atoms with Gasteiger partial charge in [-0.3, -0.25) is 9.79 Å². The lowest BCUT2D eigenvalue weighted by Gasteiger charge is -2.40. The third-order valence-corrected chi connectivity index (χ3v) is 10.4. The number of allylic oxidation sites excluding steroid dienone is 6. The molecule has 3 N–H and O–H groups in total. The lowest BCUT2D eigenvalue weighted by molar-refractivity contribution is -0.129. The first-order chi connectivity index (χ1) is 27.7. The zero-order chi connectivity index (χ0) is 44.3. The van der Waals surface area contributed by atoms with Gasteiger partial charge in [-0.1, -0.05) is 140 Å². The van der Waals surface area contributed by atoms with E-state index in [0.29, 0.717) is 11.5 Å². The Balaban J connectivity index is 0.00000160. The molecule has 0 amide bonds. The van der Waals surface area contributed by atoms with E-state index < -0.39 is 5.41 Å². The number of carbonyl (C=O) groups is 1. The number of aliphatic imine (C=N–C) groups is 1. The highest BCUT2D eigenvalue weighted by molar-refractivity contribution is 5.92. The predicted octanol–water partition coefficient (Wildman–Crippen LogP) is 14.7. The quantitative estimate of drug-likeness (QED) is 0.129. The average molecular weight is 805 g/mol. The fraction of sp³-hybridized carbons (Fsp3) is 0.654. The number of halogens is 1. The first-order valence-electron chi connectivity index (χ1n) is 23.2. The van der Waals surface area contributed by atoms with Crippen molar-refractivity contribution in [1.82, 2.24) is 16.0 Å². The van der Waals surface area contributed by atoms with E-state index in [4.69, 9.17) is 4.99 Å². The lowest BCUT2D eigenvalue weighted by atomic mass is 9.65. The standard InChI is InChI=1S/C35H49FN4O.C8H16.C4H10.C3H8.C2H6/c1-8-12-14-29(36)30(13-9-2)39-34-26(7)31(38-19-10-3)23-32(40-34)27-15-16-28(25(6)22-27)35(17-20-37-21-18-35)33(41)24(5)11-4;1-3-4-8-5-7(2)6-8;1-4(2)3;1-3-2;1-2/h9,12-16,19,22-24,32,37,39-40H,8,10-11,17-18,20-21H2,1-7H3;7-8H,3-6H2,1-2H3;4H,1-3H3;3H2,1-2H3;1-2H3/b13-9-,14-12+,30-29-,38-19?;;;;. The van der Waals surface area contributed by atoms with Gasteiger partial charge in [0.25, 0.3) is 0 Å². The molecule has 5 nitrogen and oxygen atoms in total. The van der Waals surface area contributed by atoms with Gasteiger partial charge in [0.15, 0.2) is 0 Å². The Labute approximate surface area is 358 Å². The number of dihydropyridines is 1. The van der Waals surface area contributed by atoms with E-state index in [2.05, 4.69) is 116 Å². The van der Waals surface area contributed by atoms with E-state index in [1.165, 1.54) is 38.2 Å². The smallest absolute Gasteiger partial charge is 0.146 e. The Hall–Kier alpha value is -3.25. The molecular weight excluding hydrogens is 716 g/mol. The van der Waals surface area contributed by atoms with Gasteiger partial charge in [0.2, 0.25) is 0 Å². The average Bonchev–Trinajstić information content (AvgIpc) is 3.20. The normalized spacial score (nSPS) is 20.8. The largest absolute Gasteiger partial charge is 0.361 e. The molecule has 1 aromatic carbocycles. The highest BCUT2D eigenvalue weighted by Crippen LogP contribution is 2.40. The number of Topliss-reactive ketones (excluding diaryl/α,β-unsaturated/α-hetero) is 1. The Kier molecular flexibility index (Phi) is 29.0. The second-order valence-electron chi connectivity index (χ2n) is 16.8. The van der Waals surface area contributed by atoms with E-state index in [0.717, 1.165) is 96.7 Å². The molecule has 4 rings (SSSR count). The molecular formula is C52H89FN4O. The molecule has 2 atom stereocenters. The van der Waals surface area contributed by atoms with Crippen LogP contribution in [-0.4, -0.2) is 25.1 Å². The number of piperidine rings is 1. The molecule has 2 unspecified atom stereocenters. The summed E-state index contributed by atoms with van der Waals surface area (Å²) in [6.07, 6.45) is 22.1. The molecule has 1 aliphatic carbocycles. The third kappa shape index (κ3) is 18.3. The second kappa shape index (κ2) is 30.7. The number of carbonyl (C=O) groups excluding carboxylic acids is 1. The molecule has 0 spiro atoms. The number of nitrogens with zero attached hydrogens (tertiary/aromatic N) is 1. The molecule has 0 radical (unpaired) electrons. The zero-order valence-corrected chi connectivity index (χ0v) is 40.3. The van der Waals surface area contributed by atoms with Crippen LogP contribution in [0.15, 0.2) is 82.2 Å². The molecule has 2 heterocycles. The molecule has 1 saturated heterocycles. The van der Waals surface area contributed by atoms with Crippen molar-refractivity contribution in [2.75, 3.05) is 13.1 Å². The summed E-state index contributed by atoms with van der Waals surface area (Å²) < 4.78 is 15.1. The van der Waals surface area contributed by atoms with Crippen molar-refractivity contribution in [2.45, 2.75) is 186 Å². The van der Waals surface area contributed by atoms with Crippen LogP contribution in [0.1, 0.15) is 191 Å². The topological polar surface area (TPSA) is 65.5 Å². The van der Waals surface area contributed by atoms with Crippen LogP contribution < -0.4 is 16.0 Å². The van der Waals surface area contributed by atoms with Gasteiger partial charge in [-0.15, -0.1) is 0 Å². The van der Waals surface area contributed by atoms with E-state index in [1.54, 1.807) is 12.2 Å². The summed E-state index contributed by atoms with van der Waals surface area (Å²) in [5, 5.41) is 10.3. The summed E-state index contributed by atoms with van der Waals surface area (Å²) in [4.78, 5) is 18.5. The van der Waals surface area contributed by atoms with Gasteiger partial charge < -0.3 is 16.0 Å². The predicted molar refractivity (Wildman–Crippen MR) is 255 cm³/mol. The van der Waals surface area contributed by atoms with Crippen molar-refractivity contribution < 1.29 is 9.18 Å². The van der Waals surface area contributed by atoms with Crippen LogP contribution >= 0.6 is 0 Å². The minimum Gasteiger partial charge on any atom is -0.361 e. The lowest BCUT2D eigenvalue weighted by Crippen LogP contribution is -2.48. The minimum atomic E-state index is -0.450. The number of rotatable bonds is 14. The maximum atomic E-state index is 15.1. The first-order valence-corrected chi connectivity index (χ1v) is 23.2. The van der Waals surface area contributed by atoms with E-state index in [9.17, 15) is 4.79 Å². The van der Waals surface area contributed by atoms with Crippen molar-refractivity contribution in [3.8, 4) is 0 Å². The summed E-state index contributed by atoms with van der Waals surface area (Å²) in [6.45, 7) is 35.3. The maximum Gasteiger partial charge on any atom is 0.146 e. The van der Waals surface area contributed by atoms with Crippen molar-refractivity contribution >= 4 is 12.0 Å². The van der Waals surface area contributed by atoms with Crippen LogP contribution in [0.25, 0.3) is 0 Å². The molecule has 6 heteroatoms. The number of benzene rings is 1. The summed E-state index contributed by atoms with van der Waals surface area (Å²) in [7, 11) is 0. The number of aryl methyl sites for hydroxylation is 1. The van der Waals surface area contributed by atoms with Crippen LogP contribution in [-0.2, 0) is 10.2 Å². The van der Waals surface area contributed by atoms with Crippen molar-refractivity contribution in [3.63, 3.8) is 0 Å². The van der Waals surface area contributed by atoms with Gasteiger partial charge in [0.05, 0.1) is 22.9 Å². The van der Waals surface area contributed by atoms with Crippen molar-refractivity contribution in [1.29, 1.82) is 0 Å². The number of nitrogens with one attached hydrogen (secondary N) is 3. The molecule has 1 saturated carbocycles. The van der Waals surface area contributed by atoms with Gasteiger partial charge in [-0.2, -0.15) is 0 Å². The Morgan fingerprint density at radius 1 is 0.983 bits per heavy atom. The molecule has 3 aliphatic rings. The van der Waals surface area contributed by atoms with Gasteiger partial charge in [-0.25, -0.2) is 4.39 Å². The Bertz CT molecular complexity index is 1480. The number of hydrogen-bond donors (Lipinski definition) is 3. The van der Waals surface area contributed by atoms with E-state index in [-0.39, 0.29) is 17.8 Å². The molecule has 1 aromatic rings. The Morgan fingerprint density at radius 2 is 1.59 bits per heavy atom. The third-order valence-electron chi connectivity index (χ3n) is 10.4. The number of hydrogen-bond acceptors (Lipinski definition) is 5. The molecule has 330 valence electrons. The van der Waals surface area contributed by atoms with Crippen molar-refractivity contribution in [3.05, 3.63) is 93.9 Å². The Morgan fingerprint density at radius 3 is 2.07 bits per heavy atom. The van der Waals surface area contributed by atoms with Gasteiger partial charge in [0, 0.05) is 17.7 Å². The molecule has 0 aromatic heterocycles.